The molecule has 4 nitrogen and oxygen atoms in total. The van der Waals surface area contributed by atoms with Crippen molar-refractivity contribution in [1.29, 1.82) is 0 Å². The molecule has 2 saturated heterocycles. The maximum atomic E-state index is 12.9. The zero-order valence-electron chi connectivity index (χ0n) is 13.7. The van der Waals surface area contributed by atoms with Crippen LogP contribution in [0.15, 0.2) is 12.7 Å². The fourth-order valence-corrected chi connectivity index (χ4v) is 3.59. The first kappa shape index (κ1) is 16.1. The van der Waals surface area contributed by atoms with Crippen LogP contribution in [0.1, 0.15) is 46.5 Å². The summed E-state index contributed by atoms with van der Waals surface area (Å²) in [6.07, 6.45) is 4.79. The lowest BCUT2D eigenvalue weighted by molar-refractivity contribution is -0.147. The molecule has 0 aromatic heterocycles. The van der Waals surface area contributed by atoms with Crippen LogP contribution in [0.5, 0.6) is 0 Å². The molecule has 0 radical (unpaired) electrons. The molecule has 2 fully saturated rings. The van der Waals surface area contributed by atoms with Gasteiger partial charge in [0.2, 0.25) is 11.8 Å². The topological polar surface area (TPSA) is 40.6 Å². The smallest absolute Gasteiger partial charge is 0.230 e. The Bertz CT molecular complexity index is 439. The lowest BCUT2D eigenvalue weighted by Gasteiger charge is -2.41. The van der Waals surface area contributed by atoms with Gasteiger partial charge in [0.15, 0.2) is 0 Å². The Morgan fingerprint density at radius 1 is 1.33 bits per heavy atom. The van der Waals surface area contributed by atoms with E-state index < -0.39 is 0 Å². The van der Waals surface area contributed by atoms with Gasteiger partial charge in [-0.05, 0) is 24.7 Å². The number of piperidine rings is 1. The van der Waals surface area contributed by atoms with Crippen molar-refractivity contribution >= 4 is 11.8 Å². The minimum absolute atomic E-state index is 0.0996. The summed E-state index contributed by atoms with van der Waals surface area (Å²) in [6, 6.07) is 0. The third kappa shape index (κ3) is 3.47. The summed E-state index contributed by atoms with van der Waals surface area (Å²) >= 11 is 0. The molecule has 2 amide bonds. The van der Waals surface area contributed by atoms with E-state index >= 15 is 0 Å². The maximum absolute atomic E-state index is 12.9. The summed E-state index contributed by atoms with van der Waals surface area (Å²) in [5.74, 6) is 0.361. The minimum atomic E-state index is -0.319. The Balaban J connectivity index is 2.07. The number of nitrogens with zero attached hydrogens (tertiary/aromatic N) is 2. The van der Waals surface area contributed by atoms with Gasteiger partial charge in [-0.2, -0.15) is 0 Å². The van der Waals surface area contributed by atoms with Crippen LogP contribution in [0.2, 0.25) is 0 Å². The summed E-state index contributed by atoms with van der Waals surface area (Å²) in [7, 11) is 0. The minimum Gasteiger partial charge on any atom is -0.342 e. The third-order valence-corrected chi connectivity index (χ3v) is 4.51. The van der Waals surface area contributed by atoms with E-state index in [1.807, 2.05) is 9.80 Å². The number of amides is 2. The van der Waals surface area contributed by atoms with Crippen LogP contribution in [-0.2, 0) is 9.59 Å². The molecule has 2 aliphatic rings. The lowest BCUT2D eigenvalue weighted by atomic mass is 9.77. The summed E-state index contributed by atoms with van der Waals surface area (Å²) in [6.45, 7) is 13.1. The predicted octanol–water partition coefficient (Wildman–Crippen LogP) is 2.45. The Morgan fingerprint density at radius 3 is 2.67 bits per heavy atom. The Hall–Kier alpha value is -1.32. The third-order valence-electron chi connectivity index (χ3n) is 4.51. The predicted molar refractivity (Wildman–Crippen MR) is 83.7 cm³/mol. The van der Waals surface area contributed by atoms with Crippen molar-refractivity contribution in [3.8, 4) is 0 Å². The molecule has 1 atom stereocenters. The average Bonchev–Trinajstić information content (AvgIpc) is 2.79. The molecule has 0 aliphatic carbocycles. The molecular formula is C17H28N2O2. The lowest BCUT2D eigenvalue weighted by Crippen LogP contribution is -2.52. The molecule has 2 rings (SSSR count). The second-order valence-corrected chi connectivity index (χ2v) is 7.73. The number of hydrogen-bond donors (Lipinski definition) is 0. The highest BCUT2D eigenvalue weighted by Gasteiger charge is 2.49. The first-order valence-corrected chi connectivity index (χ1v) is 7.95. The van der Waals surface area contributed by atoms with Crippen molar-refractivity contribution in [2.24, 2.45) is 10.8 Å². The van der Waals surface area contributed by atoms with E-state index in [0.29, 0.717) is 19.5 Å². The van der Waals surface area contributed by atoms with E-state index in [-0.39, 0.29) is 22.6 Å². The monoisotopic (exact) mass is 292 g/mol. The van der Waals surface area contributed by atoms with Gasteiger partial charge in [-0.25, -0.2) is 0 Å². The second-order valence-electron chi connectivity index (χ2n) is 7.73. The van der Waals surface area contributed by atoms with Crippen LogP contribution >= 0.6 is 0 Å². The van der Waals surface area contributed by atoms with Crippen LogP contribution in [-0.4, -0.2) is 47.8 Å². The summed E-state index contributed by atoms with van der Waals surface area (Å²) in [5, 5.41) is 0. The molecule has 0 aromatic carbocycles. The van der Waals surface area contributed by atoms with Crippen molar-refractivity contribution in [2.75, 3.05) is 26.2 Å². The number of rotatable bonds is 3. The van der Waals surface area contributed by atoms with Crippen LogP contribution in [0.3, 0.4) is 0 Å². The summed E-state index contributed by atoms with van der Waals surface area (Å²) in [4.78, 5) is 28.8. The fourth-order valence-electron chi connectivity index (χ4n) is 3.59. The van der Waals surface area contributed by atoms with Crippen LogP contribution in [0.25, 0.3) is 0 Å². The van der Waals surface area contributed by atoms with Gasteiger partial charge in [-0.1, -0.05) is 26.8 Å². The maximum Gasteiger partial charge on any atom is 0.230 e. The van der Waals surface area contributed by atoms with Crippen LogP contribution in [0, 0.1) is 10.8 Å². The van der Waals surface area contributed by atoms with E-state index in [1.54, 1.807) is 6.08 Å². The molecule has 0 saturated carbocycles. The number of carbonyl (C=O) groups is 2. The largest absolute Gasteiger partial charge is 0.342 e. The summed E-state index contributed by atoms with van der Waals surface area (Å²) < 4.78 is 0. The molecule has 0 aromatic rings. The summed E-state index contributed by atoms with van der Waals surface area (Å²) in [5.41, 5.74) is -0.203. The van der Waals surface area contributed by atoms with Crippen molar-refractivity contribution in [3.05, 3.63) is 12.7 Å². The number of likely N-dealkylation sites (tertiary alicyclic amines) is 2. The Morgan fingerprint density at radius 2 is 2.05 bits per heavy atom. The van der Waals surface area contributed by atoms with E-state index in [1.165, 1.54) is 0 Å². The highest BCUT2D eigenvalue weighted by atomic mass is 16.2. The molecule has 2 heterocycles. The molecule has 1 spiro atoms. The average molecular weight is 292 g/mol. The molecule has 21 heavy (non-hydrogen) atoms. The van der Waals surface area contributed by atoms with Gasteiger partial charge in [0.1, 0.15) is 0 Å². The van der Waals surface area contributed by atoms with Gasteiger partial charge in [-0.3, -0.25) is 9.59 Å². The zero-order valence-corrected chi connectivity index (χ0v) is 13.7. The van der Waals surface area contributed by atoms with E-state index in [0.717, 1.165) is 32.4 Å². The quantitative estimate of drug-likeness (QED) is 0.750. The van der Waals surface area contributed by atoms with E-state index in [9.17, 15) is 9.59 Å². The molecule has 118 valence electrons. The molecule has 0 bridgehead atoms. The highest BCUT2D eigenvalue weighted by molar-refractivity contribution is 5.86. The van der Waals surface area contributed by atoms with E-state index in [2.05, 4.69) is 27.4 Å². The van der Waals surface area contributed by atoms with Gasteiger partial charge in [0.05, 0.1) is 5.41 Å². The van der Waals surface area contributed by atoms with Crippen molar-refractivity contribution in [3.63, 3.8) is 0 Å². The zero-order chi connectivity index (χ0) is 15.7. The van der Waals surface area contributed by atoms with Crippen molar-refractivity contribution in [1.82, 2.24) is 9.80 Å². The van der Waals surface area contributed by atoms with Crippen LogP contribution in [0.4, 0.5) is 0 Å². The van der Waals surface area contributed by atoms with Gasteiger partial charge >= 0.3 is 0 Å². The molecule has 4 heteroatoms. The molecule has 1 unspecified atom stereocenters. The van der Waals surface area contributed by atoms with Gasteiger partial charge in [0, 0.05) is 32.6 Å². The number of hydrogen-bond acceptors (Lipinski definition) is 2. The first-order valence-electron chi connectivity index (χ1n) is 7.95. The Labute approximate surface area is 128 Å². The van der Waals surface area contributed by atoms with Gasteiger partial charge in [-0.15, -0.1) is 6.58 Å². The normalized spacial score (nSPS) is 26.5. The van der Waals surface area contributed by atoms with Crippen molar-refractivity contribution in [2.45, 2.75) is 46.5 Å². The Kier molecular flexibility index (Phi) is 4.45. The standard InChI is InChI=1S/C17H28N2O2/c1-5-7-14(20)18-11-9-17(13-18)8-6-10-19(15(17)21)12-16(2,3)4/h5H,1,6-13H2,2-4H3. The SMILES string of the molecule is C=CCC(=O)N1CCC2(CCCN(CC(C)(C)C)C2=O)C1. The molecule has 2 aliphatic heterocycles. The van der Waals surface area contributed by atoms with Crippen LogP contribution < -0.4 is 0 Å². The fraction of sp³-hybridized carbons (Fsp3) is 0.765. The second kappa shape index (κ2) is 5.82. The first-order chi connectivity index (χ1) is 9.77. The van der Waals surface area contributed by atoms with E-state index in [4.69, 9.17) is 0 Å². The van der Waals surface area contributed by atoms with Crippen molar-refractivity contribution < 1.29 is 9.59 Å². The molecule has 0 N–H and O–H groups in total. The number of carbonyl (C=O) groups excluding carboxylic acids is 2. The highest BCUT2D eigenvalue weighted by Crippen LogP contribution is 2.40. The van der Waals surface area contributed by atoms with Gasteiger partial charge < -0.3 is 9.80 Å². The molecular weight excluding hydrogens is 264 g/mol. The van der Waals surface area contributed by atoms with Gasteiger partial charge in [0.25, 0.3) is 0 Å².